The van der Waals surface area contributed by atoms with E-state index in [1.807, 2.05) is 7.05 Å². The molecule has 2 nitrogen and oxygen atoms in total. The van der Waals surface area contributed by atoms with Gasteiger partial charge in [-0.15, -0.1) is 0 Å². The predicted octanol–water partition coefficient (Wildman–Crippen LogP) is 3.71. The van der Waals surface area contributed by atoms with Crippen LogP contribution < -0.4 is 5.32 Å². The quantitative estimate of drug-likeness (QED) is 0.906. The minimum absolute atomic E-state index is 0.850. The molecule has 1 N–H and O–H groups in total. The highest BCUT2D eigenvalue weighted by molar-refractivity contribution is 9.10. The van der Waals surface area contributed by atoms with Gasteiger partial charge in [0.05, 0.1) is 0 Å². The molecule has 2 aromatic rings. The molecule has 84 valence electrons. The van der Waals surface area contributed by atoms with Crippen molar-refractivity contribution in [1.82, 2.24) is 4.57 Å². The van der Waals surface area contributed by atoms with Crippen molar-refractivity contribution < 1.29 is 0 Å². The second-order valence-electron chi connectivity index (χ2n) is 4.02. The topological polar surface area (TPSA) is 17.0 Å². The molecule has 0 amide bonds. The van der Waals surface area contributed by atoms with E-state index in [4.69, 9.17) is 0 Å². The lowest BCUT2D eigenvalue weighted by Gasteiger charge is -2.08. The maximum atomic E-state index is 3.54. The Hall–Kier alpha value is -1.22. The van der Waals surface area contributed by atoms with Gasteiger partial charge in [0.2, 0.25) is 0 Å². The zero-order valence-electron chi connectivity index (χ0n) is 9.50. The summed E-state index contributed by atoms with van der Waals surface area (Å²) in [7, 11) is 2.03. The van der Waals surface area contributed by atoms with Gasteiger partial charge in [-0.2, -0.15) is 0 Å². The molecule has 0 saturated heterocycles. The molecular formula is C13H15BrN2. The summed E-state index contributed by atoms with van der Waals surface area (Å²) >= 11 is 3.54. The maximum absolute atomic E-state index is 3.54. The van der Waals surface area contributed by atoms with Gasteiger partial charge in [-0.1, -0.05) is 6.07 Å². The van der Waals surface area contributed by atoms with E-state index in [0.29, 0.717) is 0 Å². The Morgan fingerprint density at radius 3 is 2.81 bits per heavy atom. The molecule has 0 atom stereocenters. The van der Waals surface area contributed by atoms with Crippen molar-refractivity contribution in [2.24, 2.45) is 7.05 Å². The van der Waals surface area contributed by atoms with Crippen LogP contribution in [-0.2, 0) is 13.6 Å². The second kappa shape index (κ2) is 4.74. The van der Waals surface area contributed by atoms with Crippen LogP contribution in [0, 0.1) is 6.92 Å². The number of aryl methyl sites for hydroxylation is 2. The third-order valence-corrected chi connectivity index (χ3v) is 3.19. The van der Waals surface area contributed by atoms with Crippen molar-refractivity contribution >= 4 is 21.6 Å². The van der Waals surface area contributed by atoms with E-state index >= 15 is 0 Å². The molecule has 0 radical (unpaired) electrons. The van der Waals surface area contributed by atoms with Crippen LogP contribution in [0.25, 0.3) is 0 Å². The van der Waals surface area contributed by atoms with Crippen LogP contribution in [-0.4, -0.2) is 4.57 Å². The molecule has 16 heavy (non-hydrogen) atoms. The Morgan fingerprint density at radius 1 is 1.31 bits per heavy atom. The first-order valence-corrected chi connectivity index (χ1v) is 6.05. The van der Waals surface area contributed by atoms with Crippen LogP contribution in [0.2, 0.25) is 0 Å². The highest BCUT2D eigenvalue weighted by Crippen LogP contribution is 2.23. The van der Waals surface area contributed by atoms with E-state index in [2.05, 4.69) is 69.4 Å². The van der Waals surface area contributed by atoms with E-state index in [1.54, 1.807) is 0 Å². The third-order valence-electron chi connectivity index (χ3n) is 2.50. The summed E-state index contributed by atoms with van der Waals surface area (Å²) in [4.78, 5) is 0. The average Bonchev–Trinajstić information content (AvgIpc) is 2.66. The molecule has 0 spiro atoms. The van der Waals surface area contributed by atoms with Crippen molar-refractivity contribution in [1.29, 1.82) is 0 Å². The third kappa shape index (κ3) is 2.67. The van der Waals surface area contributed by atoms with Crippen molar-refractivity contribution in [2.75, 3.05) is 5.32 Å². The van der Waals surface area contributed by atoms with Crippen LogP contribution >= 0.6 is 15.9 Å². The number of nitrogens with zero attached hydrogens (tertiary/aromatic N) is 1. The summed E-state index contributed by atoms with van der Waals surface area (Å²) < 4.78 is 3.16. The number of anilines is 1. The van der Waals surface area contributed by atoms with Crippen LogP contribution in [0.4, 0.5) is 5.69 Å². The number of nitrogens with one attached hydrogen (secondary N) is 1. The van der Waals surface area contributed by atoms with E-state index in [-0.39, 0.29) is 0 Å². The number of hydrogen-bond donors (Lipinski definition) is 1. The SMILES string of the molecule is Cc1ccc(Br)c(NCc2ccn(C)c2)c1. The first-order chi connectivity index (χ1) is 7.65. The van der Waals surface area contributed by atoms with Gasteiger partial charge in [-0.25, -0.2) is 0 Å². The maximum Gasteiger partial charge on any atom is 0.0489 e. The molecule has 1 aromatic carbocycles. The second-order valence-corrected chi connectivity index (χ2v) is 4.88. The van der Waals surface area contributed by atoms with E-state index in [9.17, 15) is 0 Å². The molecule has 1 aromatic heterocycles. The number of rotatable bonds is 3. The van der Waals surface area contributed by atoms with E-state index < -0.39 is 0 Å². The van der Waals surface area contributed by atoms with E-state index in [1.165, 1.54) is 11.1 Å². The predicted molar refractivity (Wildman–Crippen MR) is 71.6 cm³/mol. The fourth-order valence-corrected chi connectivity index (χ4v) is 2.02. The monoisotopic (exact) mass is 278 g/mol. The molecule has 0 aliphatic carbocycles. The van der Waals surface area contributed by atoms with Crippen LogP contribution in [0.1, 0.15) is 11.1 Å². The van der Waals surface area contributed by atoms with E-state index in [0.717, 1.165) is 16.7 Å². The smallest absolute Gasteiger partial charge is 0.0489 e. The van der Waals surface area contributed by atoms with Crippen molar-refractivity contribution in [2.45, 2.75) is 13.5 Å². The Balaban J connectivity index is 2.07. The molecule has 3 heteroatoms. The van der Waals surface area contributed by atoms with Gasteiger partial charge in [0.1, 0.15) is 0 Å². The highest BCUT2D eigenvalue weighted by atomic mass is 79.9. The largest absolute Gasteiger partial charge is 0.380 e. The molecular weight excluding hydrogens is 264 g/mol. The Morgan fingerprint density at radius 2 is 2.12 bits per heavy atom. The highest BCUT2D eigenvalue weighted by Gasteiger charge is 2.00. The first kappa shape index (κ1) is 11.3. The van der Waals surface area contributed by atoms with Gasteiger partial charge in [-0.3, -0.25) is 0 Å². The van der Waals surface area contributed by atoms with Gasteiger partial charge in [0.25, 0.3) is 0 Å². The van der Waals surface area contributed by atoms with Crippen LogP contribution in [0.5, 0.6) is 0 Å². The van der Waals surface area contributed by atoms with Gasteiger partial charge in [0.15, 0.2) is 0 Å². The molecule has 0 aliphatic rings. The lowest BCUT2D eigenvalue weighted by Crippen LogP contribution is -1.99. The average molecular weight is 279 g/mol. The lowest BCUT2D eigenvalue weighted by molar-refractivity contribution is 0.920. The molecule has 0 fully saturated rings. The molecule has 1 heterocycles. The minimum Gasteiger partial charge on any atom is -0.380 e. The van der Waals surface area contributed by atoms with Crippen LogP contribution in [0.15, 0.2) is 41.1 Å². The van der Waals surface area contributed by atoms with Crippen molar-refractivity contribution in [3.8, 4) is 0 Å². The van der Waals surface area contributed by atoms with Gasteiger partial charge >= 0.3 is 0 Å². The van der Waals surface area contributed by atoms with Crippen molar-refractivity contribution in [3.63, 3.8) is 0 Å². The number of benzene rings is 1. The molecule has 0 bridgehead atoms. The fraction of sp³-hybridized carbons (Fsp3) is 0.231. The summed E-state index contributed by atoms with van der Waals surface area (Å²) in [6, 6.07) is 8.43. The minimum atomic E-state index is 0.850. The summed E-state index contributed by atoms with van der Waals surface area (Å²) in [6.07, 6.45) is 4.18. The summed E-state index contributed by atoms with van der Waals surface area (Å²) in [5.41, 5.74) is 3.69. The lowest BCUT2D eigenvalue weighted by atomic mass is 10.2. The molecule has 0 unspecified atom stereocenters. The Labute approximate surface area is 104 Å². The number of halogens is 1. The Bertz CT molecular complexity index is 488. The van der Waals surface area contributed by atoms with Crippen molar-refractivity contribution in [3.05, 3.63) is 52.3 Å². The van der Waals surface area contributed by atoms with Gasteiger partial charge in [0, 0.05) is 36.1 Å². The normalized spacial score (nSPS) is 10.4. The van der Waals surface area contributed by atoms with Gasteiger partial charge < -0.3 is 9.88 Å². The zero-order chi connectivity index (χ0) is 11.5. The summed E-state index contributed by atoms with van der Waals surface area (Å²) in [5.74, 6) is 0. The molecule has 0 saturated carbocycles. The zero-order valence-corrected chi connectivity index (χ0v) is 11.1. The summed E-state index contributed by atoms with van der Waals surface area (Å²) in [5, 5.41) is 3.42. The molecule has 0 aliphatic heterocycles. The molecule has 2 rings (SSSR count). The van der Waals surface area contributed by atoms with Crippen LogP contribution in [0.3, 0.4) is 0 Å². The number of hydrogen-bond acceptors (Lipinski definition) is 1. The Kier molecular flexibility index (Phi) is 3.34. The summed E-state index contributed by atoms with van der Waals surface area (Å²) in [6.45, 7) is 2.95. The first-order valence-electron chi connectivity index (χ1n) is 5.26. The standard InChI is InChI=1S/C13H15BrN2/c1-10-3-4-12(14)13(7-10)15-8-11-5-6-16(2)9-11/h3-7,9,15H,8H2,1-2H3. The van der Waals surface area contributed by atoms with Gasteiger partial charge in [-0.05, 0) is 52.2 Å². The fourth-order valence-electron chi connectivity index (χ4n) is 1.64. The number of aromatic nitrogens is 1.